The highest BCUT2D eigenvalue weighted by Gasteiger charge is 2.31. The molecule has 0 saturated heterocycles. The Balaban J connectivity index is 1.87. The Morgan fingerprint density at radius 3 is 2.70 bits per heavy atom. The van der Waals surface area contributed by atoms with E-state index in [1.807, 2.05) is 25.2 Å². The van der Waals surface area contributed by atoms with Gasteiger partial charge in [-0.25, -0.2) is 4.98 Å². The minimum Gasteiger partial charge on any atom is -0.392 e. The van der Waals surface area contributed by atoms with Gasteiger partial charge in [0.25, 0.3) is 0 Å². The summed E-state index contributed by atoms with van der Waals surface area (Å²) < 4.78 is 2.10. The average Bonchev–Trinajstić information content (AvgIpc) is 3.02. The van der Waals surface area contributed by atoms with Gasteiger partial charge in [-0.3, -0.25) is 4.79 Å². The molecule has 5 heteroatoms. The molecule has 1 aromatic heterocycles. The number of anilines is 1. The van der Waals surface area contributed by atoms with Gasteiger partial charge in [-0.15, -0.1) is 0 Å². The zero-order chi connectivity index (χ0) is 16.8. The van der Waals surface area contributed by atoms with Crippen molar-refractivity contribution in [3.63, 3.8) is 0 Å². The fourth-order valence-electron chi connectivity index (χ4n) is 3.43. The van der Waals surface area contributed by atoms with Crippen LogP contribution in [0.4, 0.5) is 5.69 Å². The highest BCUT2D eigenvalue weighted by Crippen LogP contribution is 2.29. The number of carbonyl (C=O) groups excluding carboxylic acids is 1. The minimum atomic E-state index is -0.513. The number of aliphatic hydroxyl groups excluding tert-OH is 1. The van der Waals surface area contributed by atoms with Crippen LogP contribution >= 0.6 is 0 Å². The molecule has 1 aromatic carbocycles. The predicted octanol–water partition coefficient (Wildman–Crippen LogP) is 2.97. The first-order valence-electron chi connectivity index (χ1n) is 8.23. The van der Waals surface area contributed by atoms with Gasteiger partial charge >= 0.3 is 0 Å². The lowest BCUT2D eigenvalue weighted by atomic mass is 9.96. The molecule has 1 amide bonds. The first-order valence-corrected chi connectivity index (χ1v) is 8.23. The van der Waals surface area contributed by atoms with E-state index in [1.165, 1.54) is 0 Å². The van der Waals surface area contributed by atoms with Crippen LogP contribution in [0.5, 0.6) is 0 Å². The molecule has 1 saturated carbocycles. The van der Waals surface area contributed by atoms with Crippen LogP contribution in [0, 0.1) is 5.92 Å². The largest absolute Gasteiger partial charge is 0.392 e. The molecule has 0 radical (unpaired) electrons. The van der Waals surface area contributed by atoms with E-state index in [9.17, 15) is 9.90 Å². The molecule has 2 N–H and O–H groups in total. The van der Waals surface area contributed by atoms with Crippen LogP contribution in [0.3, 0.4) is 0 Å². The number of imidazole rings is 1. The molecule has 0 spiro atoms. The Labute approximate surface area is 136 Å². The van der Waals surface area contributed by atoms with E-state index in [0.29, 0.717) is 6.42 Å². The maximum Gasteiger partial charge on any atom is 0.230 e. The molecule has 0 bridgehead atoms. The molecule has 1 aliphatic rings. The zero-order valence-electron chi connectivity index (χ0n) is 14.3. The first-order chi connectivity index (χ1) is 10.8. The number of hydrogen-bond acceptors (Lipinski definition) is 3. The van der Waals surface area contributed by atoms with Crippen molar-refractivity contribution in [2.24, 2.45) is 13.0 Å². The number of benzene rings is 1. The SMILES string of the molecule is Cn1c(C(C)(C)C)nc2cc(NC(=O)C3CCCC3O)ccc21. The maximum absolute atomic E-state index is 12.3. The Hall–Kier alpha value is -1.88. The van der Waals surface area contributed by atoms with E-state index in [4.69, 9.17) is 4.98 Å². The average molecular weight is 315 g/mol. The standard InChI is InChI=1S/C18H25N3O2/c1-18(2,3)17-20-13-10-11(8-9-14(13)21(17)4)19-16(23)12-6-5-7-15(12)22/h8-10,12,15,22H,5-7H2,1-4H3,(H,19,23). The van der Waals surface area contributed by atoms with Gasteiger partial charge in [0, 0.05) is 18.2 Å². The quantitative estimate of drug-likeness (QED) is 0.895. The molecule has 1 aliphatic carbocycles. The molecule has 2 unspecified atom stereocenters. The summed E-state index contributed by atoms with van der Waals surface area (Å²) in [5.41, 5.74) is 2.63. The Bertz CT molecular complexity index is 743. The Kier molecular flexibility index (Phi) is 3.92. The lowest BCUT2D eigenvalue weighted by Crippen LogP contribution is -2.28. The smallest absolute Gasteiger partial charge is 0.230 e. The number of aromatic nitrogens is 2. The maximum atomic E-state index is 12.3. The fourth-order valence-corrected chi connectivity index (χ4v) is 3.43. The van der Waals surface area contributed by atoms with Crippen LogP contribution in [0.25, 0.3) is 11.0 Å². The Morgan fingerprint density at radius 2 is 2.09 bits per heavy atom. The molecular formula is C18H25N3O2. The van der Waals surface area contributed by atoms with Crippen LogP contribution in [0.1, 0.15) is 45.9 Å². The summed E-state index contributed by atoms with van der Waals surface area (Å²) in [7, 11) is 2.02. The molecule has 0 aliphatic heterocycles. The molecule has 5 nitrogen and oxygen atoms in total. The second kappa shape index (κ2) is 5.64. The third-order valence-electron chi connectivity index (χ3n) is 4.64. The van der Waals surface area contributed by atoms with E-state index in [2.05, 4.69) is 30.7 Å². The fraction of sp³-hybridized carbons (Fsp3) is 0.556. The van der Waals surface area contributed by atoms with E-state index in [-0.39, 0.29) is 17.2 Å². The van der Waals surface area contributed by atoms with Crippen molar-refractivity contribution >= 4 is 22.6 Å². The highest BCUT2D eigenvalue weighted by atomic mass is 16.3. The number of carbonyl (C=O) groups is 1. The van der Waals surface area contributed by atoms with Crippen LogP contribution in [0.2, 0.25) is 0 Å². The molecule has 3 rings (SSSR count). The van der Waals surface area contributed by atoms with Crippen molar-refractivity contribution in [1.29, 1.82) is 0 Å². The number of hydrogen-bond donors (Lipinski definition) is 2. The number of aliphatic hydroxyl groups is 1. The van der Waals surface area contributed by atoms with Gasteiger partial charge in [-0.05, 0) is 37.5 Å². The summed E-state index contributed by atoms with van der Waals surface area (Å²) in [5, 5.41) is 12.8. The van der Waals surface area contributed by atoms with Crippen LogP contribution in [0.15, 0.2) is 18.2 Å². The number of rotatable bonds is 2. The highest BCUT2D eigenvalue weighted by molar-refractivity contribution is 5.95. The molecular weight excluding hydrogens is 290 g/mol. The molecule has 2 aromatic rings. The number of fused-ring (bicyclic) bond motifs is 1. The number of nitrogens with one attached hydrogen (secondary N) is 1. The predicted molar refractivity (Wildman–Crippen MR) is 91.4 cm³/mol. The molecule has 2 atom stereocenters. The molecule has 1 fully saturated rings. The second-order valence-corrected chi connectivity index (χ2v) is 7.54. The number of amides is 1. The van der Waals surface area contributed by atoms with Crippen molar-refractivity contribution in [3.8, 4) is 0 Å². The van der Waals surface area contributed by atoms with Crippen molar-refractivity contribution in [1.82, 2.24) is 9.55 Å². The molecule has 23 heavy (non-hydrogen) atoms. The van der Waals surface area contributed by atoms with Gasteiger partial charge in [-0.2, -0.15) is 0 Å². The second-order valence-electron chi connectivity index (χ2n) is 7.54. The van der Waals surface area contributed by atoms with Gasteiger partial charge in [-0.1, -0.05) is 20.8 Å². The van der Waals surface area contributed by atoms with Crippen molar-refractivity contribution in [2.75, 3.05) is 5.32 Å². The molecule has 124 valence electrons. The summed E-state index contributed by atoms with van der Waals surface area (Å²) in [5.74, 6) is 0.628. The molecule has 1 heterocycles. The topological polar surface area (TPSA) is 67.2 Å². The van der Waals surface area contributed by atoms with E-state index >= 15 is 0 Å². The van der Waals surface area contributed by atoms with Gasteiger partial charge in [0.1, 0.15) is 5.82 Å². The lowest BCUT2D eigenvalue weighted by molar-refractivity contribution is -0.122. The van der Waals surface area contributed by atoms with Crippen LogP contribution < -0.4 is 5.32 Å². The van der Waals surface area contributed by atoms with Crippen LogP contribution in [-0.2, 0) is 17.3 Å². The first kappa shape index (κ1) is 16.0. The summed E-state index contributed by atoms with van der Waals surface area (Å²) in [4.78, 5) is 17.0. The van der Waals surface area contributed by atoms with Crippen molar-refractivity contribution in [2.45, 2.75) is 51.6 Å². The Morgan fingerprint density at radius 1 is 1.35 bits per heavy atom. The van der Waals surface area contributed by atoms with Crippen molar-refractivity contribution < 1.29 is 9.90 Å². The van der Waals surface area contributed by atoms with Gasteiger partial charge < -0.3 is 15.0 Å². The third-order valence-corrected chi connectivity index (χ3v) is 4.64. The third kappa shape index (κ3) is 2.98. The van der Waals surface area contributed by atoms with E-state index < -0.39 is 6.10 Å². The number of nitrogens with zero attached hydrogens (tertiary/aromatic N) is 2. The summed E-state index contributed by atoms with van der Waals surface area (Å²) >= 11 is 0. The van der Waals surface area contributed by atoms with Gasteiger partial charge in [0.15, 0.2) is 0 Å². The van der Waals surface area contributed by atoms with Gasteiger partial charge in [0.05, 0.1) is 23.1 Å². The zero-order valence-corrected chi connectivity index (χ0v) is 14.3. The summed E-state index contributed by atoms with van der Waals surface area (Å²) in [6.45, 7) is 6.41. The summed E-state index contributed by atoms with van der Waals surface area (Å²) in [6.07, 6.45) is 1.87. The van der Waals surface area contributed by atoms with Gasteiger partial charge in [0.2, 0.25) is 5.91 Å². The minimum absolute atomic E-state index is 0.0366. The van der Waals surface area contributed by atoms with E-state index in [0.717, 1.165) is 35.4 Å². The van der Waals surface area contributed by atoms with E-state index in [1.54, 1.807) is 0 Å². The van der Waals surface area contributed by atoms with Crippen molar-refractivity contribution in [3.05, 3.63) is 24.0 Å². The monoisotopic (exact) mass is 315 g/mol. The number of aryl methyl sites for hydroxylation is 1. The van der Waals surface area contributed by atoms with Crippen LogP contribution in [-0.4, -0.2) is 26.7 Å². The normalized spacial score (nSPS) is 21.8. The summed E-state index contributed by atoms with van der Waals surface area (Å²) in [6, 6.07) is 5.79. The lowest BCUT2D eigenvalue weighted by Gasteiger charge is -2.17.